The van der Waals surface area contributed by atoms with Crippen LogP contribution >= 0.6 is 0 Å². The summed E-state index contributed by atoms with van der Waals surface area (Å²) in [5.41, 5.74) is 9.73. The molecule has 1 unspecified atom stereocenters. The highest BCUT2D eigenvalue weighted by Gasteiger charge is 2.15. The molecule has 0 spiro atoms. The summed E-state index contributed by atoms with van der Waals surface area (Å²) in [5, 5.41) is 0. The number of rotatable bonds is 9. The first kappa shape index (κ1) is 19.1. The van der Waals surface area contributed by atoms with E-state index in [-0.39, 0.29) is 5.92 Å². The largest absolute Gasteiger partial charge is 0.497 e. The van der Waals surface area contributed by atoms with Gasteiger partial charge < -0.3 is 19.9 Å². The molecule has 136 valence electrons. The molecule has 0 aliphatic rings. The summed E-state index contributed by atoms with van der Waals surface area (Å²) in [7, 11) is 1.68. The molecular weight excluding hydrogens is 314 g/mol. The predicted molar refractivity (Wildman–Crippen MR) is 102 cm³/mol. The predicted octanol–water partition coefficient (Wildman–Crippen LogP) is 4.09. The number of ether oxygens (including phenoxy) is 3. The lowest BCUT2D eigenvalue weighted by molar-refractivity contribution is 0.287. The van der Waals surface area contributed by atoms with Crippen LogP contribution in [0.1, 0.15) is 36.5 Å². The summed E-state index contributed by atoms with van der Waals surface area (Å²) in [5.74, 6) is 2.71. The Morgan fingerprint density at radius 2 is 1.68 bits per heavy atom. The SMILES string of the molecule is CCOc1ccc(CC(CN)c2ccc(OC)cc2C)cc1OCC. The van der Waals surface area contributed by atoms with Crippen LogP contribution in [0.3, 0.4) is 0 Å². The van der Waals surface area contributed by atoms with Gasteiger partial charge in [-0.3, -0.25) is 0 Å². The highest BCUT2D eigenvalue weighted by atomic mass is 16.5. The van der Waals surface area contributed by atoms with E-state index in [1.807, 2.05) is 26.0 Å². The zero-order valence-electron chi connectivity index (χ0n) is 15.7. The second-order valence-electron chi connectivity index (χ2n) is 6.01. The van der Waals surface area contributed by atoms with Gasteiger partial charge in [-0.25, -0.2) is 0 Å². The summed E-state index contributed by atoms with van der Waals surface area (Å²) in [4.78, 5) is 0. The standard InChI is InChI=1S/C21H29NO3/c1-5-24-20-10-7-16(13-21(20)25-6-2)12-17(14-22)19-9-8-18(23-4)11-15(19)3/h7-11,13,17H,5-6,12,14,22H2,1-4H3. The summed E-state index contributed by atoms with van der Waals surface area (Å²) in [6, 6.07) is 12.3. The number of hydrogen-bond acceptors (Lipinski definition) is 4. The van der Waals surface area contributed by atoms with Crippen LogP contribution in [0, 0.1) is 6.92 Å². The third-order valence-electron chi connectivity index (χ3n) is 4.29. The Labute approximate surface area is 150 Å². The maximum Gasteiger partial charge on any atom is 0.161 e. The summed E-state index contributed by atoms with van der Waals surface area (Å²) >= 11 is 0. The van der Waals surface area contributed by atoms with Gasteiger partial charge in [0.05, 0.1) is 20.3 Å². The first-order valence-corrected chi connectivity index (χ1v) is 8.86. The van der Waals surface area contributed by atoms with Crippen LogP contribution in [-0.4, -0.2) is 26.9 Å². The van der Waals surface area contributed by atoms with Crippen molar-refractivity contribution >= 4 is 0 Å². The molecule has 0 saturated carbocycles. The van der Waals surface area contributed by atoms with Crippen molar-refractivity contribution in [2.45, 2.75) is 33.1 Å². The van der Waals surface area contributed by atoms with Gasteiger partial charge in [-0.05, 0) is 74.7 Å². The van der Waals surface area contributed by atoms with Crippen LogP contribution in [0.2, 0.25) is 0 Å². The molecule has 0 aliphatic carbocycles. The molecule has 0 heterocycles. The van der Waals surface area contributed by atoms with E-state index in [1.54, 1.807) is 7.11 Å². The van der Waals surface area contributed by atoms with E-state index < -0.39 is 0 Å². The van der Waals surface area contributed by atoms with Gasteiger partial charge in [0.15, 0.2) is 11.5 Å². The molecule has 4 heteroatoms. The third-order valence-corrected chi connectivity index (χ3v) is 4.29. The van der Waals surface area contributed by atoms with Crippen molar-refractivity contribution in [2.75, 3.05) is 26.9 Å². The van der Waals surface area contributed by atoms with Crippen molar-refractivity contribution in [3.05, 3.63) is 53.1 Å². The number of nitrogens with two attached hydrogens (primary N) is 1. The van der Waals surface area contributed by atoms with Crippen LogP contribution in [0.15, 0.2) is 36.4 Å². The zero-order chi connectivity index (χ0) is 18.2. The van der Waals surface area contributed by atoms with Gasteiger partial charge in [0.1, 0.15) is 5.75 Å². The minimum Gasteiger partial charge on any atom is -0.497 e. The number of methoxy groups -OCH3 is 1. The molecule has 0 aliphatic heterocycles. The minimum atomic E-state index is 0.248. The van der Waals surface area contributed by atoms with E-state index >= 15 is 0 Å². The highest BCUT2D eigenvalue weighted by molar-refractivity contribution is 5.44. The van der Waals surface area contributed by atoms with Crippen LogP contribution in [0.25, 0.3) is 0 Å². The van der Waals surface area contributed by atoms with Crippen molar-refractivity contribution in [2.24, 2.45) is 5.73 Å². The molecule has 1 atom stereocenters. The van der Waals surface area contributed by atoms with Crippen molar-refractivity contribution < 1.29 is 14.2 Å². The lowest BCUT2D eigenvalue weighted by Gasteiger charge is -2.19. The smallest absolute Gasteiger partial charge is 0.161 e. The highest BCUT2D eigenvalue weighted by Crippen LogP contribution is 2.32. The summed E-state index contributed by atoms with van der Waals surface area (Å²) in [6.07, 6.45) is 0.857. The summed E-state index contributed by atoms with van der Waals surface area (Å²) in [6.45, 7) is 7.87. The maximum absolute atomic E-state index is 6.08. The molecule has 0 saturated heterocycles. The molecule has 2 N–H and O–H groups in total. The molecule has 2 aromatic rings. The molecule has 0 fully saturated rings. The van der Waals surface area contributed by atoms with E-state index in [0.717, 1.165) is 23.7 Å². The normalized spacial score (nSPS) is 11.9. The van der Waals surface area contributed by atoms with E-state index in [2.05, 4.69) is 31.2 Å². The van der Waals surface area contributed by atoms with E-state index in [4.69, 9.17) is 19.9 Å². The molecule has 2 aromatic carbocycles. The van der Waals surface area contributed by atoms with Gasteiger partial charge in [-0.15, -0.1) is 0 Å². The third kappa shape index (κ3) is 4.89. The van der Waals surface area contributed by atoms with Gasteiger partial charge in [0.2, 0.25) is 0 Å². The molecule has 0 bridgehead atoms. The second-order valence-corrected chi connectivity index (χ2v) is 6.01. The average Bonchev–Trinajstić information content (AvgIpc) is 2.62. The number of benzene rings is 2. The first-order chi connectivity index (χ1) is 12.1. The fraction of sp³-hybridized carbons (Fsp3) is 0.429. The fourth-order valence-corrected chi connectivity index (χ4v) is 3.06. The Bertz CT molecular complexity index is 685. The van der Waals surface area contributed by atoms with E-state index in [1.165, 1.54) is 16.7 Å². The average molecular weight is 343 g/mol. The second kappa shape index (κ2) is 9.33. The van der Waals surface area contributed by atoms with Crippen LogP contribution in [0.5, 0.6) is 17.2 Å². The topological polar surface area (TPSA) is 53.7 Å². The molecule has 0 amide bonds. The Balaban J connectivity index is 2.25. The molecule has 4 nitrogen and oxygen atoms in total. The van der Waals surface area contributed by atoms with Gasteiger partial charge >= 0.3 is 0 Å². The van der Waals surface area contributed by atoms with Gasteiger partial charge in [0, 0.05) is 5.92 Å². The Hall–Kier alpha value is -2.20. The Morgan fingerprint density at radius 3 is 2.28 bits per heavy atom. The summed E-state index contributed by atoms with van der Waals surface area (Å²) < 4.78 is 16.7. The van der Waals surface area contributed by atoms with Crippen molar-refractivity contribution in [1.82, 2.24) is 0 Å². The number of aryl methyl sites for hydroxylation is 1. The number of hydrogen-bond donors (Lipinski definition) is 1. The van der Waals surface area contributed by atoms with Crippen LogP contribution in [-0.2, 0) is 6.42 Å². The molecule has 2 rings (SSSR count). The Morgan fingerprint density at radius 1 is 0.960 bits per heavy atom. The lowest BCUT2D eigenvalue weighted by Crippen LogP contribution is -2.16. The lowest BCUT2D eigenvalue weighted by atomic mass is 9.89. The molecular formula is C21H29NO3. The monoisotopic (exact) mass is 343 g/mol. The van der Waals surface area contributed by atoms with Gasteiger partial charge in [-0.1, -0.05) is 12.1 Å². The van der Waals surface area contributed by atoms with Crippen molar-refractivity contribution in [1.29, 1.82) is 0 Å². The zero-order valence-corrected chi connectivity index (χ0v) is 15.7. The molecule has 25 heavy (non-hydrogen) atoms. The quantitative estimate of drug-likeness (QED) is 0.745. The van der Waals surface area contributed by atoms with Gasteiger partial charge in [-0.2, -0.15) is 0 Å². The van der Waals surface area contributed by atoms with E-state index in [9.17, 15) is 0 Å². The van der Waals surface area contributed by atoms with Crippen molar-refractivity contribution in [3.63, 3.8) is 0 Å². The fourth-order valence-electron chi connectivity index (χ4n) is 3.06. The van der Waals surface area contributed by atoms with Crippen LogP contribution in [0.4, 0.5) is 0 Å². The van der Waals surface area contributed by atoms with E-state index in [0.29, 0.717) is 19.8 Å². The molecule has 0 radical (unpaired) electrons. The van der Waals surface area contributed by atoms with Crippen molar-refractivity contribution in [3.8, 4) is 17.2 Å². The maximum atomic E-state index is 6.08. The molecule has 0 aromatic heterocycles. The first-order valence-electron chi connectivity index (χ1n) is 8.86. The minimum absolute atomic E-state index is 0.248. The van der Waals surface area contributed by atoms with Crippen LogP contribution < -0.4 is 19.9 Å². The van der Waals surface area contributed by atoms with Gasteiger partial charge in [0.25, 0.3) is 0 Å². The Kier molecular flexibility index (Phi) is 7.14.